The van der Waals surface area contributed by atoms with Crippen LogP contribution in [0.5, 0.6) is 5.75 Å². The normalized spacial score (nSPS) is 11.7. The molecular weight excluding hydrogens is 411 g/mol. The maximum Gasteiger partial charge on any atom is 0.336 e. The summed E-state index contributed by atoms with van der Waals surface area (Å²) in [6.07, 6.45) is 0. The van der Waals surface area contributed by atoms with Crippen LogP contribution in [0.3, 0.4) is 0 Å². The number of halogens is 1. The molecular formula is C17H15IO5. The van der Waals surface area contributed by atoms with Crippen molar-refractivity contribution in [2.24, 2.45) is 0 Å². The first-order valence-corrected chi connectivity index (χ1v) is 7.93. The molecule has 120 valence electrons. The fourth-order valence-electron chi connectivity index (χ4n) is 2.07. The number of ether oxygens (including phenoxy) is 1. The third-order valence-corrected chi connectivity index (χ3v) is 4.09. The molecule has 0 aromatic heterocycles. The maximum absolute atomic E-state index is 11.2. The number of aliphatic carboxylic acids is 1. The molecule has 0 fully saturated rings. The predicted molar refractivity (Wildman–Crippen MR) is 92.9 cm³/mol. The van der Waals surface area contributed by atoms with Crippen LogP contribution in [0.15, 0.2) is 42.5 Å². The fourth-order valence-corrected chi connectivity index (χ4v) is 2.62. The molecule has 0 saturated carbocycles. The second-order valence-corrected chi connectivity index (χ2v) is 6.27. The van der Waals surface area contributed by atoms with Crippen molar-refractivity contribution >= 4 is 34.5 Å². The average Bonchev–Trinajstić information content (AvgIpc) is 2.52. The zero-order chi connectivity index (χ0) is 17.0. The molecule has 0 bridgehead atoms. The van der Waals surface area contributed by atoms with Gasteiger partial charge in [0, 0.05) is 9.13 Å². The molecule has 1 atom stereocenters. The van der Waals surface area contributed by atoms with Gasteiger partial charge in [-0.25, -0.2) is 4.79 Å². The van der Waals surface area contributed by atoms with E-state index < -0.39 is 17.9 Å². The molecule has 0 aliphatic heterocycles. The Morgan fingerprint density at radius 3 is 2.57 bits per heavy atom. The molecule has 2 aromatic rings. The number of carboxylic acid groups (broad SMARTS) is 2. The summed E-state index contributed by atoms with van der Waals surface area (Å²) >= 11 is 2.11. The number of aromatic carboxylic acids is 1. The Labute approximate surface area is 147 Å². The minimum atomic E-state index is -1.01. The average molecular weight is 426 g/mol. The third-order valence-electron chi connectivity index (χ3n) is 3.42. The molecule has 0 saturated heterocycles. The van der Waals surface area contributed by atoms with Crippen LogP contribution in [0, 0.1) is 3.57 Å². The highest BCUT2D eigenvalue weighted by Gasteiger charge is 2.15. The van der Waals surface area contributed by atoms with E-state index in [9.17, 15) is 14.7 Å². The highest BCUT2D eigenvalue weighted by Crippen LogP contribution is 2.23. The first-order chi connectivity index (χ1) is 10.9. The number of carboxylic acids is 2. The quantitative estimate of drug-likeness (QED) is 0.688. The summed E-state index contributed by atoms with van der Waals surface area (Å²) in [7, 11) is 0. The van der Waals surface area contributed by atoms with Gasteiger partial charge in [0.25, 0.3) is 0 Å². The van der Waals surface area contributed by atoms with E-state index in [1.807, 2.05) is 0 Å². The van der Waals surface area contributed by atoms with Crippen molar-refractivity contribution in [2.45, 2.75) is 19.4 Å². The van der Waals surface area contributed by atoms with E-state index in [0.717, 1.165) is 3.57 Å². The van der Waals surface area contributed by atoms with Gasteiger partial charge in [0.2, 0.25) is 0 Å². The maximum atomic E-state index is 11.2. The van der Waals surface area contributed by atoms with E-state index >= 15 is 0 Å². The van der Waals surface area contributed by atoms with Gasteiger partial charge in [0.1, 0.15) is 12.4 Å². The van der Waals surface area contributed by atoms with Gasteiger partial charge < -0.3 is 14.9 Å². The zero-order valence-corrected chi connectivity index (χ0v) is 14.5. The van der Waals surface area contributed by atoms with E-state index in [-0.39, 0.29) is 12.2 Å². The van der Waals surface area contributed by atoms with Crippen LogP contribution < -0.4 is 4.74 Å². The number of hydrogen-bond donors (Lipinski definition) is 2. The minimum Gasteiger partial charge on any atom is -0.489 e. The molecule has 2 rings (SSSR count). The molecule has 2 aromatic carbocycles. The van der Waals surface area contributed by atoms with Gasteiger partial charge in [-0.15, -0.1) is 0 Å². The highest BCUT2D eigenvalue weighted by molar-refractivity contribution is 14.1. The standard InChI is InChI=1S/C17H15IO5/c1-10(16(19)20)11-3-2-4-14(8-11)23-9-12-7-13(18)5-6-15(12)17(21)22/h2-8,10H,9H2,1H3,(H,19,20)(H,21,22)/t10-/m0/s1. The summed E-state index contributed by atoms with van der Waals surface area (Å²) in [4.78, 5) is 22.3. The van der Waals surface area contributed by atoms with Crippen LogP contribution in [0.1, 0.15) is 34.3 Å². The summed E-state index contributed by atoms with van der Waals surface area (Å²) in [5.41, 5.74) is 1.40. The number of benzene rings is 2. The summed E-state index contributed by atoms with van der Waals surface area (Å²) in [6, 6.07) is 11.8. The lowest BCUT2D eigenvalue weighted by Crippen LogP contribution is -2.08. The largest absolute Gasteiger partial charge is 0.489 e. The first-order valence-electron chi connectivity index (χ1n) is 6.85. The number of hydrogen-bond acceptors (Lipinski definition) is 3. The van der Waals surface area contributed by atoms with Gasteiger partial charge in [-0.05, 0) is 65.4 Å². The first kappa shape index (κ1) is 17.3. The highest BCUT2D eigenvalue weighted by atomic mass is 127. The van der Waals surface area contributed by atoms with E-state index in [2.05, 4.69) is 22.6 Å². The lowest BCUT2D eigenvalue weighted by Gasteiger charge is -2.12. The van der Waals surface area contributed by atoms with Gasteiger partial charge >= 0.3 is 11.9 Å². The van der Waals surface area contributed by atoms with Gasteiger partial charge in [0.05, 0.1) is 11.5 Å². The molecule has 0 amide bonds. The van der Waals surface area contributed by atoms with Crippen LogP contribution in [0.4, 0.5) is 0 Å². The molecule has 0 radical (unpaired) electrons. The van der Waals surface area contributed by atoms with E-state index in [4.69, 9.17) is 9.84 Å². The summed E-state index contributed by atoms with van der Waals surface area (Å²) in [6.45, 7) is 1.70. The van der Waals surface area contributed by atoms with Gasteiger partial charge in [-0.1, -0.05) is 12.1 Å². The van der Waals surface area contributed by atoms with E-state index in [1.54, 1.807) is 49.4 Å². The molecule has 0 aliphatic carbocycles. The van der Waals surface area contributed by atoms with Crippen LogP contribution in [0.25, 0.3) is 0 Å². The van der Waals surface area contributed by atoms with Crippen molar-refractivity contribution in [3.8, 4) is 5.75 Å². The Morgan fingerprint density at radius 1 is 1.17 bits per heavy atom. The molecule has 5 nitrogen and oxygen atoms in total. The van der Waals surface area contributed by atoms with Crippen LogP contribution in [-0.4, -0.2) is 22.2 Å². The Morgan fingerprint density at radius 2 is 1.91 bits per heavy atom. The Kier molecular flexibility index (Phi) is 5.59. The minimum absolute atomic E-state index is 0.101. The molecule has 2 N–H and O–H groups in total. The van der Waals surface area contributed by atoms with Crippen molar-refractivity contribution < 1.29 is 24.5 Å². The van der Waals surface area contributed by atoms with Crippen LogP contribution in [-0.2, 0) is 11.4 Å². The van der Waals surface area contributed by atoms with Gasteiger partial charge in [0.15, 0.2) is 0 Å². The third kappa shape index (κ3) is 4.44. The van der Waals surface area contributed by atoms with Crippen LogP contribution in [0.2, 0.25) is 0 Å². The molecule has 0 heterocycles. The SMILES string of the molecule is C[C@H](C(=O)O)c1cccc(OCc2cc(I)ccc2C(=O)O)c1. The second kappa shape index (κ2) is 7.45. The summed E-state index contributed by atoms with van der Waals surface area (Å²) in [5, 5.41) is 18.3. The Hall–Kier alpha value is -2.09. The Balaban J connectivity index is 2.19. The number of rotatable bonds is 6. The van der Waals surface area contributed by atoms with Crippen molar-refractivity contribution in [3.63, 3.8) is 0 Å². The topological polar surface area (TPSA) is 83.8 Å². The molecule has 0 unspecified atom stereocenters. The zero-order valence-electron chi connectivity index (χ0n) is 12.3. The molecule has 0 spiro atoms. The Bertz CT molecular complexity index is 742. The second-order valence-electron chi connectivity index (χ2n) is 5.03. The predicted octanol–water partition coefficient (Wildman–Crippen LogP) is 3.76. The van der Waals surface area contributed by atoms with Crippen LogP contribution >= 0.6 is 22.6 Å². The van der Waals surface area contributed by atoms with Gasteiger partial charge in [-0.2, -0.15) is 0 Å². The molecule has 23 heavy (non-hydrogen) atoms. The smallest absolute Gasteiger partial charge is 0.336 e. The van der Waals surface area contributed by atoms with Gasteiger partial charge in [-0.3, -0.25) is 4.79 Å². The fraction of sp³-hybridized carbons (Fsp3) is 0.176. The van der Waals surface area contributed by atoms with E-state index in [0.29, 0.717) is 16.9 Å². The van der Waals surface area contributed by atoms with Crippen molar-refractivity contribution in [2.75, 3.05) is 0 Å². The van der Waals surface area contributed by atoms with Crippen molar-refractivity contribution in [1.82, 2.24) is 0 Å². The van der Waals surface area contributed by atoms with Crippen molar-refractivity contribution in [3.05, 3.63) is 62.7 Å². The monoisotopic (exact) mass is 426 g/mol. The lowest BCUT2D eigenvalue weighted by molar-refractivity contribution is -0.138. The van der Waals surface area contributed by atoms with E-state index in [1.165, 1.54) is 0 Å². The number of carbonyl (C=O) groups is 2. The lowest BCUT2D eigenvalue weighted by atomic mass is 10.0. The molecule has 0 aliphatic rings. The van der Waals surface area contributed by atoms with Crippen molar-refractivity contribution in [1.29, 1.82) is 0 Å². The molecule has 6 heteroatoms. The summed E-state index contributed by atoms with van der Waals surface area (Å²) < 4.78 is 6.57. The summed E-state index contributed by atoms with van der Waals surface area (Å²) in [5.74, 6) is -2.04.